The highest BCUT2D eigenvalue weighted by Crippen LogP contribution is 2.34. The third-order valence-corrected chi connectivity index (χ3v) is 4.40. The number of esters is 1. The number of carbonyl (C=O) groups is 2. The van der Waals surface area contributed by atoms with Crippen LogP contribution in [0.25, 0.3) is 0 Å². The Balaban J connectivity index is 2.19. The van der Waals surface area contributed by atoms with Gasteiger partial charge in [0.2, 0.25) is 0 Å². The molecule has 1 unspecified atom stereocenters. The Morgan fingerprint density at radius 3 is 1.76 bits per heavy atom. The number of rotatable bonds is 6. The number of hydrogen-bond donors (Lipinski definition) is 2. The number of ether oxygens (including phenoxy) is 2. The van der Waals surface area contributed by atoms with E-state index in [9.17, 15) is 14.7 Å². The molecule has 0 saturated heterocycles. The summed E-state index contributed by atoms with van der Waals surface area (Å²) >= 11 is 0. The van der Waals surface area contributed by atoms with Gasteiger partial charge >= 0.3 is 12.1 Å². The number of nitrogens with one attached hydrogen (secondary N) is 1. The molecule has 2 atom stereocenters. The summed E-state index contributed by atoms with van der Waals surface area (Å²) in [5, 5.41) is 14.1. The van der Waals surface area contributed by atoms with Crippen LogP contribution in [-0.2, 0) is 19.9 Å². The predicted octanol–water partition coefficient (Wildman–Crippen LogP) is 3.77. The van der Waals surface area contributed by atoms with Gasteiger partial charge in [0.1, 0.15) is 17.7 Å². The van der Waals surface area contributed by atoms with Crippen molar-refractivity contribution in [3.05, 3.63) is 71.8 Å². The molecule has 2 aromatic rings. The topological polar surface area (TPSA) is 84.9 Å². The molecule has 29 heavy (non-hydrogen) atoms. The Hall–Kier alpha value is -2.86. The summed E-state index contributed by atoms with van der Waals surface area (Å²) in [5.41, 5.74) is -1.04. The molecule has 0 radical (unpaired) electrons. The van der Waals surface area contributed by atoms with E-state index in [1.807, 2.05) is 36.4 Å². The van der Waals surface area contributed by atoms with Gasteiger partial charge in [0, 0.05) is 0 Å². The fourth-order valence-corrected chi connectivity index (χ4v) is 2.93. The summed E-state index contributed by atoms with van der Waals surface area (Å²) in [5.74, 6) is -0.673. The molecule has 2 rings (SSSR count). The van der Waals surface area contributed by atoms with Crippen molar-refractivity contribution < 1.29 is 24.2 Å². The summed E-state index contributed by atoms with van der Waals surface area (Å²) in [4.78, 5) is 24.5. The maximum Gasteiger partial charge on any atom is 0.408 e. The van der Waals surface area contributed by atoms with Crippen LogP contribution < -0.4 is 5.32 Å². The smallest absolute Gasteiger partial charge is 0.408 e. The summed E-state index contributed by atoms with van der Waals surface area (Å²) in [6, 6.07) is 17.1. The average Bonchev–Trinajstić information content (AvgIpc) is 2.67. The Bertz CT molecular complexity index is 775. The second-order valence-electron chi connectivity index (χ2n) is 7.95. The van der Waals surface area contributed by atoms with E-state index in [0.29, 0.717) is 11.1 Å². The second kappa shape index (κ2) is 9.09. The van der Waals surface area contributed by atoms with Crippen LogP contribution in [0.2, 0.25) is 0 Å². The summed E-state index contributed by atoms with van der Waals surface area (Å²) in [7, 11) is 0. The quantitative estimate of drug-likeness (QED) is 0.723. The maximum absolute atomic E-state index is 12.6. The van der Waals surface area contributed by atoms with Gasteiger partial charge in [-0.25, -0.2) is 9.59 Å². The molecule has 0 aromatic heterocycles. The highest BCUT2D eigenvalue weighted by Gasteiger charge is 2.40. The fraction of sp³-hybridized carbons (Fsp3) is 0.391. The zero-order valence-electron chi connectivity index (χ0n) is 17.5. The molecule has 0 aliphatic heterocycles. The normalized spacial score (nSPS) is 13.9. The monoisotopic (exact) mass is 399 g/mol. The van der Waals surface area contributed by atoms with E-state index in [2.05, 4.69) is 5.32 Å². The molecular weight excluding hydrogens is 370 g/mol. The lowest BCUT2D eigenvalue weighted by Crippen LogP contribution is -2.47. The fourth-order valence-electron chi connectivity index (χ4n) is 2.93. The molecule has 6 nitrogen and oxygen atoms in total. The number of benzene rings is 2. The first-order valence-electron chi connectivity index (χ1n) is 9.57. The van der Waals surface area contributed by atoms with Crippen molar-refractivity contribution >= 4 is 12.1 Å². The van der Waals surface area contributed by atoms with Gasteiger partial charge < -0.3 is 19.9 Å². The first kappa shape index (κ1) is 22.4. The second-order valence-corrected chi connectivity index (χ2v) is 7.95. The molecule has 0 fully saturated rings. The molecule has 0 saturated carbocycles. The van der Waals surface area contributed by atoms with Gasteiger partial charge in [-0.05, 0) is 45.7 Å². The number of carbonyl (C=O) groups excluding carboxylic acids is 2. The van der Waals surface area contributed by atoms with Crippen LogP contribution in [0, 0.1) is 0 Å². The molecule has 0 aliphatic carbocycles. The highest BCUT2D eigenvalue weighted by molar-refractivity contribution is 5.81. The first-order valence-corrected chi connectivity index (χ1v) is 9.57. The summed E-state index contributed by atoms with van der Waals surface area (Å²) < 4.78 is 10.7. The van der Waals surface area contributed by atoms with Crippen molar-refractivity contribution in [2.75, 3.05) is 0 Å². The largest absolute Gasteiger partial charge is 0.457 e. The van der Waals surface area contributed by atoms with Gasteiger partial charge in [-0.3, -0.25) is 0 Å². The van der Waals surface area contributed by atoms with Crippen molar-refractivity contribution in [1.29, 1.82) is 0 Å². The minimum Gasteiger partial charge on any atom is -0.457 e. The summed E-state index contributed by atoms with van der Waals surface area (Å²) in [6.45, 7) is 8.33. The minimum atomic E-state index is -1.55. The van der Waals surface area contributed by atoms with Crippen LogP contribution in [0.4, 0.5) is 4.79 Å². The van der Waals surface area contributed by atoms with E-state index in [4.69, 9.17) is 9.47 Å². The Kier molecular flexibility index (Phi) is 7.03. The van der Waals surface area contributed by atoms with E-state index < -0.39 is 35.4 Å². The van der Waals surface area contributed by atoms with Gasteiger partial charge in [-0.1, -0.05) is 60.7 Å². The zero-order chi connectivity index (χ0) is 21.7. The van der Waals surface area contributed by atoms with Crippen LogP contribution in [-0.4, -0.2) is 34.9 Å². The van der Waals surface area contributed by atoms with Crippen molar-refractivity contribution in [3.63, 3.8) is 0 Å². The van der Waals surface area contributed by atoms with Crippen molar-refractivity contribution in [2.24, 2.45) is 0 Å². The van der Waals surface area contributed by atoms with Crippen LogP contribution in [0.5, 0.6) is 0 Å². The Morgan fingerprint density at radius 2 is 1.34 bits per heavy atom. The van der Waals surface area contributed by atoms with Crippen LogP contribution in [0.3, 0.4) is 0 Å². The van der Waals surface area contributed by atoms with Crippen LogP contribution >= 0.6 is 0 Å². The van der Waals surface area contributed by atoms with Crippen molar-refractivity contribution in [3.8, 4) is 0 Å². The molecule has 0 spiro atoms. The molecular formula is C23H29NO5. The molecule has 2 N–H and O–H groups in total. The van der Waals surface area contributed by atoms with E-state index in [0.717, 1.165) is 0 Å². The van der Waals surface area contributed by atoms with Gasteiger partial charge in [0.05, 0.1) is 0 Å². The first-order chi connectivity index (χ1) is 13.5. The van der Waals surface area contributed by atoms with E-state index in [1.54, 1.807) is 52.0 Å². The third-order valence-electron chi connectivity index (χ3n) is 4.40. The van der Waals surface area contributed by atoms with E-state index >= 15 is 0 Å². The predicted molar refractivity (Wildman–Crippen MR) is 110 cm³/mol. The Morgan fingerprint density at radius 1 is 0.897 bits per heavy atom. The third kappa shape index (κ3) is 5.81. The van der Waals surface area contributed by atoms with Crippen molar-refractivity contribution in [2.45, 2.75) is 58.0 Å². The van der Waals surface area contributed by atoms with Gasteiger partial charge in [0.25, 0.3) is 0 Å². The molecule has 2 aromatic carbocycles. The van der Waals surface area contributed by atoms with Gasteiger partial charge in [-0.15, -0.1) is 0 Å². The number of alkyl carbamates (subject to hydrolysis) is 1. The van der Waals surface area contributed by atoms with E-state index in [-0.39, 0.29) is 0 Å². The summed E-state index contributed by atoms with van der Waals surface area (Å²) in [6.07, 6.45) is -1.63. The Labute approximate surface area is 171 Å². The lowest BCUT2D eigenvalue weighted by Gasteiger charge is -2.35. The number of hydrogen-bond acceptors (Lipinski definition) is 5. The molecule has 0 heterocycles. The molecule has 0 aliphatic rings. The lowest BCUT2D eigenvalue weighted by atomic mass is 9.82. The van der Waals surface area contributed by atoms with Crippen LogP contribution in [0.1, 0.15) is 45.7 Å². The van der Waals surface area contributed by atoms with Crippen LogP contribution in [0.15, 0.2) is 60.7 Å². The number of aliphatic hydroxyl groups is 1. The lowest BCUT2D eigenvalue weighted by molar-refractivity contribution is -0.162. The maximum atomic E-state index is 12.6. The number of amides is 1. The molecule has 6 heteroatoms. The standard InChI is InChI=1S/C23H29NO5/c1-16(24-21(26)29-22(3,4)5)20(25)28-17(2)23(27,18-12-8-6-9-13-18)19-14-10-7-11-15-19/h6-17,27H,1-5H3,(H,24,26)/t16-,17?/m0/s1. The molecule has 156 valence electrons. The zero-order valence-corrected chi connectivity index (χ0v) is 17.5. The van der Waals surface area contributed by atoms with E-state index in [1.165, 1.54) is 6.92 Å². The molecule has 0 bridgehead atoms. The average molecular weight is 399 g/mol. The van der Waals surface area contributed by atoms with Crippen molar-refractivity contribution in [1.82, 2.24) is 5.32 Å². The molecule has 1 amide bonds. The highest BCUT2D eigenvalue weighted by atomic mass is 16.6. The minimum absolute atomic E-state index is 0.597. The van der Waals surface area contributed by atoms with Gasteiger partial charge in [-0.2, -0.15) is 0 Å². The SMILES string of the molecule is CC(OC(=O)[C@H](C)NC(=O)OC(C)(C)C)C(O)(c1ccccc1)c1ccccc1. The van der Waals surface area contributed by atoms with Gasteiger partial charge in [0.15, 0.2) is 5.60 Å².